The zero-order chi connectivity index (χ0) is 21.0. The molecule has 1 aromatic carbocycles. The molecule has 2 aromatic rings. The summed E-state index contributed by atoms with van der Waals surface area (Å²) in [4.78, 5) is 23.7. The van der Waals surface area contributed by atoms with E-state index in [-0.39, 0.29) is 18.1 Å². The fraction of sp³-hybridized carbons (Fsp3) is 0.500. The predicted octanol–water partition coefficient (Wildman–Crippen LogP) is 3.23. The number of likely N-dealkylation sites (tertiary alicyclic amines) is 1. The highest BCUT2D eigenvalue weighted by Gasteiger charge is 2.31. The van der Waals surface area contributed by atoms with Gasteiger partial charge in [-0.1, -0.05) is 13.8 Å². The maximum atomic E-state index is 13.2. The van der Waals surface area contributed by atoms with E-state index in [1.54, 1.807) is 24.7 Å². The van der Waals surface area contributed by atoms with Crippen molar-refractivity contribution in [2.24, 2.45) is 11.8 Å². The molecule has 0 aliphatic carbocycles. The number of nitrogens with zero attached hydrogens (tertiary/aromatic N) is 3. The van der Waals surface area contributed by atoms with Gasteiger partial charge in [0, 0.05) is 61.7 Å². The van der Waals surface area contributed by atoms with E-state index in [0.717, 1.165) is 19.5 Å². The van der Waals surface area contributed by atoms with Crippen molar-refractivity contribution in [1.82, 2.24) is 14.9 Å². The summed E-state index contributed by atoms with van der Waals surface area (Å²) >= 11 is 0. The van der Waals surface area contributed by atoms with Gasteiger partial charge in [-0.25, -0.2) is 0 Å². The summed E-state index contributed by atoms with van der Waals surface area (Å²) in [5, 5.41) is 10.7. The summed E-state index contributed by atoms with van der Waals surface area (Å²) < 4.78 is 10.8. The SMILES string of the molecule is COc1cc(O)c(C(CC(=O)N2C[C@H](C)C[C@H](C)C2)c2cnccn2)c(OC)c1. The minimum Gasteiger partial charge on any atom is -0.507 e. The van der Waals surface area contributed by atoms with Gasteiger partial charge >= 0.3 is 0 Å². The number of carbonyl (C=O) groups excluding carboxylic acids is 1. The van der Waals surface area contributed by atoms with E-state index in [0.29, 0.717) is 34.6 Å². The minimum absolute atomic E-state index is 0.00466. The van der Waals surface area contributed by atoms with Crippen molar-refractivity contribution in [3.8, 4) is 17.2 Å². The van der Waals surface area contributed by atoms with Gasteiger partial charge in [0.25, 0.3) is 0 Å². The van der Waals surface area contributed by atoms with Crippen LogP contribution in [0.25, 0.3) is 0 Å². The van der Waals surface area contributed by atoms with Gasteiger partial charge in [-0.15, -0.1) is 0 Å². The molecule has 156 valence electrons. The average Bonchev–Trinajstić information content (AvgIpc) is 2.71. The summed E-state index contributed by atoms with van der Waals surface area (Å²) in [7, 11) is 3.05. The summed E-state index contributed by atoms with van der Waals surface area (Å²) in [6.07, 6.45) is 6.10. The van der Waals surface area contributed by atoms with Gasteiger partial charge in [-0.3, -0.25) is 14.8 Å². The van der Waals surface area contributed by atoms with Crippen LogP contribution < -0.4 is 9.47 Å². The highest BCUT2D eigenvalue weighted by molar-refractivity contribution is 5.78. The zero-order valence-corrected chi connectivity index (χ0v) is 17.5. The predicted molar refractivity (Wildman–Crippen MR) is 109 cm³/mol. The molecule has 7 heteroatoms. The van der Waals surface area contributed by atoms with E-state index < -0.39 is 5.92 Å². The number of benzene rings is 1. The largest absolute Gasteiger partial charge is 0.507 e. The van der Waals surface area contributed by atoms with Crippen molar-refractivity contribution in [1.29, 1.82) is 0 Å². The third kappa shape index (κ3) is 4.78. The average molecular weight is 399 g/mol. The molecule has 3 atom stereocenters. The van der Waals surface area contributed by atoms with Gasteiger partial charge in [0.2, 0.25) is 5.91 Å². The smallest absolute Gasteiger partial charge is 0.223 e. The number of hydrogen-bond acceptors (Lipinski definition) is 6. The van der Waals surface area contributed by atoms with E-state index >= 15 is 0 Å². The Bertz CT molecular complexity index is 833. The molecule has 3 rings (SSSR count). The van der Waals surface area contributed by atoms with Crippen molar-refractivity contribution in [3.63, 3.8) is 0 Å². The van der Waals surface area contributed by atoms with Gasteiger partial charge < -0.3 is 19.5 Å². The van der Waals surface area contributed by atoms with Crippen LogP contribution in [-0.4, -0.2) is 53.2 Å². The van der Waals surface area contributed by atoms with E-state index in [1.165, 1.54) is 20.3 Å². The number of ether oxygens (including phenoxy) is 2. The first-order chi connectivity index (χ1) is 13.9. The second-order valence-electron chi connectivity index (χ2n) is 7.89. The first-order valence-electron chi connectivity index (χ1n) is 9.91. The quantitative estimate of drug-likeness (QED) is 0.803. The third-order valence-electron chi connectivity index (χ3n) is 5.44. The topological polar surface area (TPSA) is 84.8 Å². The molecular weight excluding hydrogens is 370 g/mol. The van der Waals surface area contributed by atoms with Crippen LogP contribution in [0, 0.1) is 11.8 Å². The summed E-state index contributed by atoms with van der Waals surface area (Å²) in [5.41, 5.74) is 1.12. The number of methoxy groups -OCH3 is 2. The Hall–Kier alpha value is -2.83. The van der Waals surface area contributed by atoms with E-state index in [1.807, 2.05) is 4.90 Å². The number of rotatable bonds is 6. The Morgan fingerprint density at radius 3 is 2.52 bits per heavy atom. The van der Waals surface area contributed by atoms with Gasteiger partial charge in [0.05, 0.1) is 19.9 Å². The van der Waals surface area contributed by atoms with Gasteiger partial charge in [-0.2, -0.15) is 0 Å². The maximum absolute atomic E-state index is 13.2. The number of phenols is 1. The van der Waals surface area contributed by atoms with Crippen LogP contribution >= 0.6 is 0 Å². The molecule has 7 nitrogen and oxygen atoms in total. The molecule has 1 aliphatic rings. The van der Waals surface area contributed by atoms with E-state index in [9.17, 15) is 9.90 Å². The lowest BCUT2D eigenvalue weighted by molar-refractivity contribution is -0.134. The molecule has 2 heterocycles. The second kappa shape index (κ2) is 9.11. The molecular formula is C22H29N3O4. The van der Waals surface area contributed by atoms with Crippen LogP contribution in [0.2, 0.25) is 0 Å². The van der Waals surface area contributed by atoms with Gasteiger partial charge in [-0.05, 0) is 18.3 Å². The molecule has 1 amide bonds. The Kier molecular flexibility index (Phi) is 6.56. The summed E-state index contributed by atoms with van der Waals surface area (Å²) in [5.74, 6) is 1.44. The summed E-state index contributed by atoms with van der Waals surface area (Å²) in [6, 6.07) is 3.23. The Morgan fingerprint density at radius 1 is 1.21 bits per heavy atom. The van der Waals surface area contributed by atoms with Crippen LogP contribution in [0.15, 0.2) is 30.7 Å². The number of piperidine rings is 1. The van der Waals surface area contributed by atoms with Crippen molar-refractivity contribution in [2.75, 3.05) is 27.3 Å². The number of aromatic hydroxyl groups is 1. The summed E-state index contributed by atoms with van der Waals surface area (Å²) in [6.45, 7) is 5.85. The normalized spacial score (nSPS) is 20.2. The standard InChI is InChI=1S/C22H29N3O4/c1-14-7-15(2)13-25(12-14)21(27)10-17(18-11-23-5-6-24-18)22-19(26)8-16(28-3)9-20(22)29-4/h5-6,8-9,11,14-15,17,26H,7,10,12-13H2,1-4H3/t14-,15+,17?. The maximum Gasteiger partial charge on any atom is 0.223 e. The van der Waals surface area contributed by atoms with Crippen LogP contribution in [0.5, 0.6) is 17.2 Å². The molecule has 29 heavy (non-hydrogen) atoms. The Morgan fingerprint density at radius 2 is 1.93 bits per heavy atom. The number of carbonyl (C=O) groups is 1. The lowest BCUT2D eigenvalue weighted by Crippen LogP contribution is -2.43. The Labute approximate surface area is 171 Å². The lowest BCUT2D eigenvalue weighted by atomic mass is 9.88. The molecule has 1 saturated heterocycles. The minimum atomic E-state index is -0.482. The third-order valence-corrected chi connectivity index (χ3v) is 5.44. The van der Waals surface area contributed by atoms with Crippen molar-refractivity contribution in [3.05, 3.63) is 42.0 Å². The van der Waals surface area contributed by atoms with Gasteiger partial charge in [0.15, 0.2) is 0 Å². The molecule has 0 saturated carbocycles. The first kappa shape index (κ1) is 20.9. The fourth-order valence-corrected chi connectivity index (χ4v) is 4.24. The van der Waals surface area contributed by atoms with E-state index in [2.05, 4.69) is 23.8 Å². The molecule has 0 spiro atoms. The van der Waals surface area contributed by atoms with Crippen molar-refractivity contribution in [2.45, 2.75) is 32.6 Å². The molecule has 0 bridgehead atoms. The van der Waals surface area contributed by atoms with E-state index in [4.69, 9.17) is 9.47 Å². The molecule has 1 aliphatic heterocycles. The molecule has 1 unspecified atom stereocenters. The molecule has 1 aromatic heterocycles. The Balaban J connectivity index is 1.98. The monoisotopic (exact) mass is 399 g/mol. The van der Waals surface area contributed by atoms with Crippen LogP contribution in [-0.2, 0) is 4.79 Å². The molecule has 1 fully saturated rings. The number of aromatic nitrogens is 2. The zero-order valence-electron chi connectivity index (χ0n) is 17.5. The fourth-order valence-electron chi connectivity index (χ4n) is 4.24. The number of phenolic OH excluding ortho intramolecular Hbond substituents is 1. The van der Waals surface area contributed by atoms with Crippen LogP contribution in [0.1, 0.15) is 43.9 Å². The van der Waals surface area contributed by atoms with Crippen molar-refractivity contribution < 1.29 is 19.4 Å². The highest BCUT2D eigenvalue weighted by atomic mass is 16.5. The molecule has 0 radical (unpaired) electrons. The van der Waals surface area contributed by atoms with Crippen LogP contribution in [0.4, 0.5) is 0 Å². The highest BCUT2D eigenvalue weighted by Crippen LogP contribution is 2.42. The van der Waals surface area contributed by atoms with Gasteiger partial charge in [0.1, 0.15) is 17.2 Å². The first-order valence-corrected chi connectivity index (χ1v) is 9.91. The number of hydrogen-bond donors (Lipinski definition) is 1. The lowest BCUT2D eigenvalue weighted by Gasteiger charge is -2.36. The van der Waals surface area contributed by atoms with Crippen LogP contribution in [0.3, 0.4) is 0 Å². The van der Waals surface area contributed by atoms with Crippen molar-refractivity contribution >= 4 is 5.91 Å². The molecule has 1 N–H and O–H groups in total. The number of amides is 1. The second-order valence-corrected chi connectivity index (χ2v) is 7.89.